The van der Waals surface area contributed by atoms with Crippen molar-refractivity contribution in [3.05, 3.63) is 59.1 Å². The number of para-hydroxylation sites is 1. The van der Waals surface area contributed by atoms with Gasteiger partial charge in [0.15, 0.2) is 0 Å². The molecule has 1 saturated heterocycles. The predicted octanol–water partition coefficient (Wildman–Crippen LogP) is 3.72. The Balaban J connectivity index is 1.30. The molecule has 0 radical (unpaired) electrons. The van der Waals surface area contributed by atoms with E-state index in [9.17, 15) is 0 Å². The second kappa shape index (κ2) is 9.81. The number of rotatable bonds is 8. The molecule has 0 N–H and O–H groups in total. The van der Waals surface area contributed by atoms with Gasteiger partial charge in [-0.2, -0.15) is 0 Å². The van der Waals surface area contributed by atoms with Gasteiger partial charge in [0.1, 0.15) is 24.7 Å². The van der Waals surface area contributed by atoms with Gasteiger partial charge in [0.25, 0.3) is 0 Å². The Labute approximate surface area is 161 Å². The quantitative estimate of drug-likeness (QED) is 0.703. The summed E-state index contributed by atoms with van der Waals surface area (Å²) in [5.74, 6) is 1.72. The molecule has 0 aliphatic carbocycles. The maximum absolute atomic E-state index is 6.17. The van der Waals surface area contributed by atoms with Gasteiger partial charge in [0.05, 0.1) is 5.02 Å². The number of hydrogen-bond acceptors (Lipinski definition) is 4. The number of nitrogens with zero attached hydrogens (tertiary/aromatic N) is 2. The van der Waals surface area contributed by atoms with E-state index in [1.807, 2.05) is 55.5 Å². The minimum absolute atomic E-state index is 0.667. The van der Waals surface area contributed by atoms with Crippen LogP contribution in [0.2, 0.25) is 5.02 Å². The van der Waals surface area contributed by atoms with Crippen LogP contribution in [-0.2, 0) is 0 Å². The highest BCUT2D eigenvalue weighted by atomic mass is 35.5. The standard InChI is InChI=1S/C21H27ClN2O2/c1-18-7-8-20(22)21(17-18)26-16-14-24-11-9-23(10-12-24)13-15-25-19-5-3-2-4-6-19/h2-8,17H,9-16H2,1H3. The maximum Gasteiger partial charge on any atom is 0.138 e. The van der Waals surface area contributed by atoms with Crippen molar-refractivity contribution < 1.29 is 9.47 Å². The Hall–Kier alpha value is -1.75. The highest BCUT2D eigenvalue weighted by Crippen LogP contribution is 2.25. The summed E-state index contributed by atoms with van der Waals surface area (Å²) in [6.07, 6.45) is 0. The highest BCUT2D eigenvalue weighted by molar-refractivity contribution is 6.32. The zero-order valence-corrected chi connectivity index (χ0v) is 16.1. The van der Waals surface area contributed by atoms with E-state index in [2.05, 4.69) is 9.80 Å². The second-order valence-corrected chi connectivity index (χ2v) is 7.03. The topological polar surface area (TPSA) is 24.9 Å². The molecule has 5 heteroatoms. The number of ether oxygens (including phenoxy) is 2. The molecule has 1 aliphatic heterocycles. The van der Waals surface area contributed by atoms with Gasteiger partial charge >= 0.3 is 0 Å². The van der Waals surface area contributed by atoms with Crippen molar-refractivity contribution in [3.63, 3.8) is 0 Å². The molecule has 0 saturated carbocycles. The van der Waals surface area contributed by atoms with Gasteiger partial charge in [-0.25, -0.2) is 0 Å². The van der Waals surface area contributed by atoms with Gasteiger partial charge < -0.3 is 9.47 Å². The molecule has 0 aromatic heterocycles. The van der Waals surface area contributed by atoms with E-state index in [1.165, 1.54) is 0 Å². The summed E-state index contributed by atoms with van der Waals surface area (Å²) in [4.78, 5) is 4.90. The predicted molar refractivity (Wildman–Crippen MR) is 107 cm³/mol. The van der Waals surface area contributed by atoms with Crippen LogP contribution < -0.4 is 9.47 Å². The zero-order chi connectivity index (χ0) is 18.2. The van der Waals surface area contributed by atoms with Crippen LogP contribution in [0.25, 0.3) is 0 Å². The second-order valence-electron chi connectivity index (χ2n) is 6.63. The molecule has 4 nitrogen and oxygen atoms in total. The van der Waals surface area contributed by atoms with Gasteiger partial charge in [-0.3, -0.25) is 9.80 Å². The fourth-order valence-electron chi connectivity index (χ4n) is 3.05. The molecule has 1 heterocycles. The Morgan fingerprint density at radius 3 is 2.12 bits per heavy atom. The van der Waals surface area contributed by atoms with Crippen LogP contribution in [0.1, 0.15) is 5.56 Å². The van der Waals surface area contributed by atoms with Crippen LogP contribution in [0.4, 0.5) is 0 Å². The summed E-state index contributed by atoms with van der Waals surface area (Å²) >= 11 is 6.17. The van der Waals surface area contributed by atoms with Gasteiger partial charge in [0.2, 0.25) is 0 Å². The Kier molecular flexibility index (Phi) is 7.18. The number of piperazine rings is 1. The van der Waals surface area contributed by atoms with Crippen molar-refractivity contribution in [2.45, 2.75) is 6.92 Å². The molecule has 1 aliphatic rings. The van der Waals surface area contributed by atoms with Crippen molar-refractivity contribution >= 4 is 11.6 Å². The van der Waals surface area contributed by atoms with E-state index in [0.29, 0.717) is 11.6 Å². The molecular formula is C21H27ClN2O2. The molecule has 0 atom stereocenters. The minimum atomic E-state index is 0.667. The van der Waals surface area contributed by atoms with Crippen LogP contribution >= 0.6 is 11.6 Å². The van der Waals surface area contributed by atoms with Crippen molar-refractivity contribution in [1.82, 2.24) is 9.80 Å². The first-order valence-corrected chi connectivity index (χ1v) is 9.60. The number of hydrogen-bond donors (Lipinski definition) is 0. The number of halogens is 1. The fraction of sp³-hybridized carbons (Fsp3) is 0.429. The number of benzene rings is 2. The molecule has 0 amide bonds. The van der Waals surface area contributed by atoms with Crippen molar-refractivity contribution in [1.29, 1.82) is 0 Å². The summed E-state index contributed by atoms with van der Waals surface area (Å²) < 4.78 is 11.6. The molecule has 3 rings (SSSR count). The van der Waals surface area contributed by atoms with E-state index in [0.717, 1.165) is 62.9 Å². The minimum Gasteiger partial charge on any atom is -0.492 e. The van der Waals surface area contributed by atoms with Crippen molar-refractivity contribution in [2.75, 3.05) is 52.5 Å². The molecule has 0 spiro atoms. The average Bonchev–Trinajstić information content (AvgIpc) is 2.67. The Morgan fingerprint density at radius 2 is 1.46 bits per heavy atom. The molecular weight excluding hydrogens is 348 g/mol. The monoisotopic (exact) mass is 374 g/mol. The van der Waals surface area contributed by atoms with Crippen LogP contribution in [0.5, 0.6) is 11.5 Å². The lowest BCUT2D eigenvalue weighted by Crippen LogP contribution is -2.48. The van der Waals surface area contributed by atoms with E-state index in [1.54, 1.807) is 0 Å². The zero-order valence-electron chi connectivity index (χ0n) is 15.4. The van der Waals surface area contributed by atoms with Gasteiger partial charge in [-0.05, 0) is 36.8 Å². The van der Waals surface area contributed by atoms with Crippen LogP contribution in [-0.4, -0.2) is 62.3 Å². The molecule has 1 fully saturated rings. The molecule has 0 bridgehead atoms. The SMILES string of the molecule is Cc1ccc(Cl)c(OCCN2CCN(CCOc3ccccc3)CC2)c1. The van der Waals surface area contributed by atoms with Crippen LogP contribution in [0.15, 0.2) is 48.5 Å². The highest BCUT2D eigenvalue weighted by Gasteiger charge is 2.16. The summed E-state index contributed by atoms with van der Waals surface area (Å²) in [5.41, 5.74) is 1.16. The van der Waals surface area contributed by atoms with Crippen molar-refractivity contribution in [3.8, 4) is 11.5 Å². The van der Waals surface area contributed by atoms with E-state index < -0.39 is 0 Å². The third-order valence-corrected chi connectivity index (χ3v) is 4.95. The first-order chi connectivity index (χ1) is 12.7. The Morgan fingerprint density at radius 1 is 0.846 bits per heavy atom. The summed E-state index contributed by atoms with van der Waals surface area (Å²) in [7, 11) is 0. The Bertz CT molecular complexity index is 673. The van der Waals surface area contributed by atoms with Crippen molar-refractivity contribution in [2.24, 2.45) is 0 Å². The third kappa shape index (κ3) is 5.90. The van der Waals surface area contributed by atoms with Crippen LogP contribution in [0, 0.1) is 6.92 Å². The first kappa shape index (κ1) is 19.0. The lowest BCUT2D eigenvalue weighted by atomic mass is 10.2. The average molecular weight is 375 g/mol. The summed E-state index contributed by atoms with van der Waals surface area (Å²) in [6.45, 7) is 9.62. The van der Waals surface area contributed by atoms with E-state index >= 15 is 0 Å². The van der Waals surface area contributed by atoms with Gasteiger partial charge in [0, 0.05) is 39.3 Å². The van der Waals surface area contributed by atoms with E-state index in [-0.39, 0.29) is 0 Å². The largest absolute Gasteiger partial charge is 0.492 e. The smallest absolute Gasteiger partial charge is 0.138 e. The van der Waals surface area contributed by atoms with Gasteiger partial charge in [-0.1, -0.05) is 35.9 Å². The normalized spacial score (nSPS) is 15.8. The fourth-order valence-corrected chi connectivity index (χ4v) is 3.22. The third-order valence-electron chi connectivity index (χ3n) is 4.64. The van der Waals surface area contributed by atoms with Gasteiger partial charge in [-0.15, -0.1) is 0 Å². The van der Waals surface area contributed by atoms with Crippen LogP contribution in [0.3, 0.4) is 0 Å². The summed E-state index contributed by atoms with van der Waals surface area (Å²) in [5, 5.41) is 0.679. The first-order valence-electron chi connectivity index (χ1n) is 9.22. The molecule has 140 valence electrons. The summed E-state index contributed by atoms with van der Waals surface area (Å²) in [6, 6.07) is 15.9. The lowest BCUT2D eigenvalue weighted by molar-refractivity contribution is 0.105. The molecule has 26 heavy (non-hydrogen) atoms. The molecule has 2 aromatic carbocycles. The number of aryl methyl sites for hydroxylation is 1. The maximum atomic E-state index is 6.17. The lowest BCUT2D eigenvalue weighted by Gasteiger charge is -2.34. The van der Waals surface area contributed by atoms with E-state index in [4.69, 9.17) is 21.1 Å². The molecule has 2 aromatic rings. The molecule has 0 unspecified atom stereocenters.